The number of nitrogens with two attached hydrogens (primary N) is 1. The Labute approximate surface area is 175 Å². The summed E-state index contributed by atoms with van der Waals surface area (Å²) in [5.74, 6) is 0.219. The van der Waals surface area contributed by atoms with E-state index in [1.807, 2.05) is 25.1 Å². The number of aryl methyl sites for hydroxylation is 1. The number of aromatic nitrogens is 3. The normalized spacial score (nSPS) is 10.7. The fourth-order valence-corrected chi connectivity index (χ4v) is 3.83. The molecule has 0 bridgehead atoms. The minimum Gasteiger partial charge on any atom is -0.393 e. The predicted octanol–water partition coefficient (Wildman–Crippen LogP) is 4.13. The summed E-state index contributed by atoms with van der Waals surface area (Å²) in [5, 5.41) is 4.12. The number of hydrazine groups is 1. The third kappa shape index (κ3) is 3.91. The van der Waals surface area contributed by atoms with E-state index in [2.05, 4.69) is 31.1 Å². The number of hydrogen-bond acceptors (Lipinski definition) is 8. The first-order valence-electron chi connectivity index (χ1n) is 8.57. The molecular weight excluding hydrogens is 410 g/mol. The molecule has 0 atom stereocenters. The van der Waals surface area contributed by atoms with Gasteiger partial charge in [0.15, 0.2) is 16.8 Å². The van der Waals surface area contributed by atoms with Crippen LogP contribution in [0.15, 0.2) is 48.8 Å². The van der Waals surface area contributed by atoms with Crippen molar-refractivity contribution >= 4 is 61.5 Å². The number of rotatable bonds is 5. The molecule has 0 saturated heterocycles. The summed E-state index contributed by atoms with van der Waals surface area (Å²) in [6.07, 6.45) is 1.33. The highest BCUT2D eigenvalue weighted by Gasteiger charge is 2.14. The van der Waals surface area contributed by atoms with Crippen LogP contribution in [0.2, 0.25) is 5.02 Å². The van der Waals surface area contributed by atoms with Gasteiger partial charge in [-0.2, -0.15) is 0 Å². The number of benzene rings is 2. The second-order valence-corrected chi connectivity index (χ2v) is 7.55. The van der Waals surface area contributed by atoms with Gasteiger partial charge < -0.3 is 11.1 Å². The minimum absolute atomic E-state index is 0.239. The van der Waals surface area contributed by atoms with Crippen LogP contribution in [0, 0.1) is 6.92 Å². The first-order chi connectivity index (χ1) is 14.0. The monoisotopic (exact) mass is 425 g/mol. The fraction of sp³-hybridized carbons (Fsp3) is 0.0526. The van der Waals surface area contributed by atoms with Crippen LogP contribution in [-0.4, -0.2) is 20.9 Å². The standard InChI is InChI=1S/C19H16ClN7OS/c1-10-5-4-8-13-15(10)24-19(29-13)25-16-14(21)17(23-9-22-16)26-27-18(28)11-6-2-3-7-12(11)20/h2-9H,21H2,1H3,(H,27,28)(H2,22,23,24,25,26). The molecule has 2 aromatic heterocycles. The zero-order valence-corrected chi connectivity index (χ0v) is 16.8. The van der Waals surface area contributed by atoms with Crippen LogP contribution < -0.4 is 21.9 Å². The molecule has 1 amide bonds. The Kier molecular flexibility index (Phi) is 5.15. The molecule has 0 aliphatic carbocycles. The van der Waals surface area contributed by atoms with Crippen molar-refractivity contribution in [3.05, 3.63) is 64.9 Å². The first kappa shape index (κ1) is 18.9. The summed E-state index contributed by atoms with van der Waals surface area (Å²) < 4.78 is 1.06. The van der Waals surface area contributed by atoms with E-state index >= 15 is 0 Å². The van der Waals surface area contributed by atoms with Gasteiger partial charge in [-0.25, -0.2) is 15.0 Å². The van der Waals surface area contributed by atoms with Crippen molar-refractivity contribution in [2.75, 3.05) is 16.5 Å². The Morgan fingerprint density at radius 1 is 1.10 bits per heavy atom. The molecule has 0 aliphatic rings. The number of para-hydroxylation sites is 1. The minimum atomic E-state index is -0.412. The number of halogens is 1. The molecule has 0 radical (unpaired) electrons. The van der Waals surface area contributed by atoms with Crippen molar-refractivity contribution in [1.29, 1.82) is 0 Å². The van der Waals surface area contributed by atoms with Gasteiger partial charge in [-0.3, -0.25) is 15.6 Å². The lowest BCUT2D eigenvalue weighted by molar-refractivity contribution is 0.0962. The molecule has 4 aromatic rings. The highest BCUT2D eigenvalue weighted by atomic mass is 35.5. The number of carbonyl (C=O) groups is 1. The number of nitrogens with one attached hydrogen (secondary N) is 3. The van der Waals surface area contributed by atoms with Gasteiger partial charge in [-0.15, -0.1) is 0 Å². The smallest absolute Gasteiger partial charge is 0.271 e. The maximum atomic E-state index is 12.3. The van der Waals surface area contributed by atoms with Crippen molar-refractivity contribution in [2.24, 2.45) is 0 Å². The number of carbonyl (C=O) groups excluding carboxylic acids is 1. The molecule has 2 aromatic carbocycles. The van der Waals surface area contributed by atoms with E-state index in [9.17, 15) is 4.79 Å². The molecular formula is C19H16ClN7OS. The molecule has 10 heteroatoms. The summed E-state index contributed by atoms with van der Waals surface area (Å²) in [5.41, 5.74) is 14.0. The Hall–Kier alpha value is -3.43. The largest absolute Gasteiger partial charge is 0.393 e. The predicted molar refractivity (Wildman–Crippen MR) is 117 cm³/mol. The van der Waals surface area contributed by atoms with Gasteiger partial charge in [-0.05, 0) is 30.7 Å². The lowest BCUT2D eigenvalue weighted by Gasteiger charge is -2.12. The van der Waals surface area contributed by atoms with E-state index in [0.29, 0.717) is 21.5 Å². The number of anilines is 4. The number of amides is 1. The maximum Gasteiger partial charge on any atom is 0.271 e. The number of hydrogen-bond donors (Lipinski definition) is 4. The molecule has 0 saturated carbocycles. The number of fused-ring (bicyclic) bond motifs is 1. The van der Waals surface area contributed by atoms with Crippen LogP contribution in [0.1, 0.15) is 15.9 Å². The van der Waals surface area contributed by atoms with E-state index in [1.165, 1.54) is 17.7 Å². The summed E-state index contributed by atoms with van der Waals surface area (Å²) in [6, 6.07) is 12.7. The van der Waals surface area contributed by atoms with Crippen molar-refractivity contribution in [1.82, 2.24) is 20.4 Å². The average molecular weight is 426 g/mol. The van der Waals surface area contributed by atoms with Gasteiger partial charge in [0, 0.05) is 0 Å². The van der Waals surface area contributed by atoms with E-state index in [-0.39, 0.29) is 11.5 Å². The first-order valence-corrected chi connectivity index (χ1v) is 9.77. The van der Waals surface area contributed by atoms with Gasteiger partial charge >= 0.3 is 0 Å². The summed E-state index contributed by atoms with van der Waals surface area (Å²) in [4.78, 5) is 25.1. The number of thiazole rings is 1. The van der Waals surface area contributed by atoms with Gasteiger partial charge in [0.05, 0.1) is 20.8 Å². The molecule has 0 spiro atoms. The Morgan fingerprint density at radius 3 is 2.69 bits per heavy atom. The Bertz CT molecular complexity index is 1210. The van der Waals surface area contributed by atoms with Crippen LogP contribution >= 0.6 is 22.9 Å². The lowest BCUT2D eigenvalue weighted by atomic mass is 10.2. The SMILES string of the molecule is Cc1cccc2sc(Nc3ncnc(NNC(=O)c4ccccc4Cl)c3N)nc12. The third-order valence-corrected chi connectivity index (χ3v) is 5.41. The van der Waals surface area contributed by atoms with E-state index in [0.717, 1.165) is 15.8 Å². The van der Waals surface area contributed by atoms with Crippen molar-refractivity contribution in [3.8, 4) is 0 Å². The Balaban J connectivity index is 1.52. The van der Waals surface area contributed by atoms with Crippen LogP contribution in [0.5, 0.6) is 0 Å². The molecule has 4 rings (SSSR count). The molecule has 146 valence electrons. The van der Waals surface area contributed by atoms with Crippen molar-refractivity contribution < 1.29 is 4.79 Å². The van der Waals surface area contributed by atoms with Gasteiger partial charge in [0.2, 0.25) is 0 Å². The molecule has 8 nitrogen and oxygen atoms in total. The summed E-state index contributed by atoms with van der Waals surface area (Å²) in [6.45, 7) is 2.01. The summed E-state index contributed by atoms with van der Waals surface area (Å²) >= 11 is 7.53. The van der Waals surface area contributed by atoms with E-state index < -0.39 is 5.91 Å². The summed E-state index contributed by atoms with van der Waals surface area (Å²) in [7, 11) is 0. The van der Waals surface area contributed by atoms with Gasteiger partial charge in [-0.1, -0.05) is 47.2 Å². The second kappa shape index (κ2) is 7.90. The third-order valence-electron chi connectivity index (χ3n) is 4.14. The van der Waals surface area contributed by atoms with Crippen molar-refractivity contribution in [3.63, 3.8) is 0 Å². The van der Waals surface area contributed by atoms with E-state index in [1.54, 1.807) is 24.3 Å². The van der Waals surface area contributed by atoms with Crippen molar-refractivity contribution in [2.45, 2.75) is 6.92 Å². The number of nitrogen functional groups attached to an aromatic ring is 1. The zero-order valence-electron chi connectivity index (χ0n) is 15.2. The fourth-order valence-electron chi connectivity index (χ4n) is 2.66. The van der Waals surface area contributed by atoms with E-state index in [4.69, 9.17) is 17.3 Å². The topological polar surface area (TPSA) is 118 Å². The van der Waals surface area contributed by atoms with Crippen LogP contribution in [0.25, 0.3) is 10.2 Å². The van der Waals surface area contributed by atoms with Gasteiger partial charge in [0.1, 0.15) is 12.0 Å². The lowest BCUT2D eigenvalue weighted by Crippen LogP contribution is -2.30. The average Bonchev–Trinajstić information content (AvgIpc) is 3.13. The molecule has 2 heterocycles. The molecule has 0 aliphatic heterocycles. The highest BCUT2D eigenvalue weighted by Crippen LogP contribution is 2.32. The van der Waals surface area contributed by atoms with Crippen LogP contribution in [0.3, 0.4) is 0 Å². The number of nitrogens with zero attached hydrogens (tertiary/aromatic N) is 3. The Morgan fingerprint density at radius 2 is 1.90 bits per heavy atom. The van der Waals surface area contributed by atoms with Crippen LogP contribution in [0.4, 0.5) is 22.5 Å². The molecule has 5 N–H and O–H groups in total. The highest BCUT2D eigenvalue weighted by molar-refractivity contribution is 7.22. The maximum absolute atomic E-state index is 12.3. The zero-order chi connectivity index (χ0) is 20.4. The second-order valence-electron chi connectivity index (χ2n) is 6.11. The molecule has 0 fully saturated rings. The van der Waals surface area contributed by atoms with Gasteiger partial charge in [0.25, 0.3) is 5.91 Å². The quantitative estimate of drug-likeness (QED) is 0.355. The molecule has 29 heavy (non-hydrogen) atoms. The molecule has 0 unspecified atom stereocenters. The van der Waals surface area contributed by atoms with Crippen LogP contribution in [-0.2, 0) is 0 Å².